The largest absolute Gasteiger partial charge is 0.481 e. The predicted octanol–water partition coefficient (Wildman–Crippen LogP) is 2.30. The van der Waals surface area contributed by atoms with Crippen molar-refractivity contribution in [2.45, 2.75) is 24.3 Å². The van der Waals surface area contributed by atoms with E-state index in [4.69, 9.17) is 10.4 Å². The molecule has 5 heteroatoms. The minimum Gasteiger partial charge on any atom is -0.481 e. The number of aromatic nitrogens is 1. The number of nitrogens with zero attached hydrogens (tertiary/aromatic N) is 2. The maximum absolute atomic E-state index is 10.7. The van der Waals surface area contributed by atoms with Gasteiger partial charge in [-0.1, -0.05) is 0 Å². The third kappa shape index (κ3) is 3.21. The van der Waals surface area contributed by atoms with Crippen LogP contribution in [0.15, 0.2) is 23.4 Å². The number of carboxylic acids is 1. The number of carbonyl (C=O) groups is 1. The summed E-state index contributed by atoms with van der Waals surface area (Å²) in [6, 6.07) is 5.46. The Hall–Kier alpha value is -1.54. The van der Waals surface area contributed by atoms with Crippen molar-refractivity contribution in [2.75, 3.05) is 5.75 Å². The molecule has 0 radical (unpaired) electrons. The molecule has 88 valence electrons. The highest BCUT2D eigenvalue weighted by molar-refractivity contribution is 7.99. The lowest BCUT2D eigenvalue weighted by molar-refractivity contribution is -0.138. The first-order chi connectivity index (χ1) is 8.13. The van der Waals surface area contributed by atoms with Crippen LogP contribution in [-0.2, 0) is 4.79 Å². The van der Waals surface area contributed by atoms with Gasteiger partial charge in [0.1, 0.15) is 0 Å². The Morgan fingerprint density at radius 2 is 2.41 bits per heavy atom. The van der Waals surface area contributed by atoms with Crippen molar-refractivity contribution in [3.8, 4) is 6.07 Å². The van der Waals surface area contributed by atoms with Crippen molar-refractivity contribution in [3.05, 3.63) is 23.9 Å². The Balaban J connectivity index is 1.94. The zero-order valence-corrected chi connectivity index (χ0v) is 10.0. The molecule has 2 rings (SSSR count). The third-order valence-corrected chi connectivity index (χ3v) is 4.15. The van der Waals surface area contributed by atoms with Gasteiger partial charge in [-0.2, -0.15) is 5.26 Å². The summed E-state index contributed by atoms with van der Waals surface area (Å²) < 4.78 is 0. The Morgan fingerprint density at radius 1 is 1.65 bits per heavy atom. The number of hydrogen-bond acceptors (Lipinski definition) is 4. The van der Waals surface area contributed by atoms with Gasteiger partial charge in [0.05, 0.1) is 23.1 Å². The highest BCUT2D eigenvalue weighted by Crippen LogP contribution is 2.51. The van der Waals surface area contributed by atoms with Crippen LogP contribution in [-0.4, -0.2) is 21.8 Å². The fourth-order valence-electron chi connectivity index (χ4n) is 1.65. The Labute approximate surface area is 104 Å². The second-order valence-corrected chi connectivity index (χ2v) is 5.35. The van der Waals surface area contributed by atoms with Crippen LogP contribution in [0.5, 0.6) is 0 Å². The second kappa shape index (κ2) is 4.76. The molecule has 1 aliphatic rings. The molecule has 0 aliphatic heterocycles. The number of carboxylic acid groups (broad SMARTS) is 1. The van der Waals surface area contributed by atoms with E-state index in [1.807, 2.05) is 0 Å². The molecular weight excluding hydrogens is 236 g/mol. The van der Waals surface area contributed by atoms with E-state index in [9.17, 15) is 4.79 Å². The highest BCUT2D eigenvalue weighted by atomic mass is 32.2. The van der Waals surface area contributed by atoms with Crippen molar-refractivity contribution in [1.29, 1.82) is 5.26 Å². The molecule has 0 saturated heterocycles. The van der Waals surface area contributed by atoms with Crippen LogP contribution in [0.4, 0.5) is 0 Å². The van der Waals surface area contributed by atoms with Crippen LogP contribution in [0.3, 0.4) is 0 Å². The summed E-state index contributed by atoms with van der Waals surface area (Å²) in [5.41, 5.74) is 0.548. The van der Waals surface area contributed by atoms with Gasteiger partial charge in [0.15, 0.2) is 0 Å². The molecule has 0 amide bonds. The van der Waals surface area contributed by atoms with E-state index >= 15 is 0 Å². The van der Waals surface area contributed by atoms with Crippen LogP contribution >= 0.6 is 11.8 Å². The predicted molar refractivity (Wildman–Crippen MR) is 63.6 cm³/mol. The molecule has 1 aliphatic carbocycles. The number of nitriles is 1. The van der Waals surface area contributed by atoms with Crippen molar-refractivity contribution in [2.24, 2.45) is 5.41 Å². The lowest BCUT2D eigenvalue weighted by Crippen LogP contribution is -2.11. The molecule has 1 heterocycles. The number of aliphatic carboxylic acids is 1. The Morgan fingerprint density at radius 3 is 3.00 bits per heavy atom. The lowest BCUT2D eigenvalue weighted by atomic mass is 10.1. The number of hydrogen-bond donors (Lipinski definition) is 1. The van der Waals surface area contributed by atoms with Gasteiger partial charge in [-0.25, -0.2) is 4.98 Å². The minimum atomic E-state index is -0.734. The smallest absolute Gasteiger partial charge is 0.303 e. The molecule has 1 N–H and O–H groups in total. The van der Waals surface area contributed by atoms with Gasteiger partial charge in [0, 0.05) is 11.9 Å². The van der Waals surface area contributed by atoms with Crippen LogP contribution in [0, 0.1) is 16.7 Å². The Bertz CT molecular complexity index is 478. The third-order valence-electron chi connectivity index (χ3n) is 2.87. The average molecular weight is 248 g/mol. The molecule has 0 spiro atoms. The van der Waals surface area contributed by atoms with Gasteiger partial charge < -0.3 is 5.11 Å². The van der Waals surface area contributed by atoms with E-state index in [0.29, 0.717) is 5.56 Å². The highest BCUT2D eigenvalue weighted by Gasteiger charge is 2.44. The molecule has 1 saturated carbocycles. The number of rotatable bonds is 5. The molecule has 0 aromatic carbocycles. The maximum atomic E-state index is 10.7. The van der Waals surface area contributed by atoms with E-state index in [0.717, 1.165) is 23.6 Å². The number of thioether (sulfide) groups is 1. The van der Waals surface area contributed by atoms with E-state index in [1.165, 1.54) is 11.8 Å². The SMILES string of the molecule is N#Cc1ccnc(SCC2(CC(=O)O)CC2)c1. The summed E-state index contributed by atoms with van der Waals surface area (Å²) in [7, 11) is 0. The van der Waals surface area contributed by atoms with Crippen LogP contribution < -0.4 is 0 Å². The molecule has 1 fully saturated rings. The zero-order valence-electron chi connectivity index (χ0n) is 9.22. The van der Waals surface area contributed by atoms with Gasteiger partial charge in [-0.3, -0.25) is 4.79 Å². The van der Waals surface area contributed by atoms with Crippen molar-refractivity contribution in [1.82, 2.24) is 4.98 Å². The quantitative estimate of drug-likeness (QED) is 0.809. The molecule has 1 aromatic rings. The van der Waals surface area contributed by atoms with E-state index in [1.54, 1.807) is 18.3 Å². The van der Waals surface area contributed by atoms with Gasteiger partial charge >= 0.3 is 5.97 Å². The average Bonchev–Trinajstić information content (AvgIpc) is 3.06. The van der Waals surface area contributed by atoms with Crippen molar-refractivity contribution in [3.63, 3.8) is 0 Å². The maximum Gasteiger partial charge on any atom is 0.303 e. The fraction of sp³-hybridized carbons (Fsp3) is 0.417. The molecule has 0 atom stereocenters. The zero-order chi connectivity index (χ0) is 12.3. The van der Waals surface area contributed by atoms with Gasteiger partial charge in [-0.05, 0) is 30.4 Å². The summed E-state index contributed by atoms with van der Waals surface area (Å²) in [5, 5.41) is 18.3. The molecule has 0 bridgehead atoms. The fourth-order valence-corrected chi connectivity index (χ4v) is 2.85. The van der Waals surface area contributed by atoms with E-state index in [2.05, 4.69) is 11.1 Å². The van der Waals surface area contributed by atoms with Crippen molar-refractivity contribution < 1.29 is 9.90 Å². The Kier molecular flexibility index (Phi) is 3.34. The van der Waals surface area contributed by atoms with Crippen LogP contribution in [0.2, 0.25) is 0 Å². The second-order valence-electron chi connectivity index (χ2n) is 4.35. The normalized spacial score (nSPS) is 16.2. The molecule has 1 aromatic heterocycles. The van der Waals surface area contributed by atoms with Crippen LogP contribution in [0.25, 0.3) is 0 Å². The van der Waals surface area contributed by atoms with Crippen molar-refractivity contribution >= 4 is 17.7 Å². The van der Waals surface area contributed by atoms with Gasteiger partial charge in [-0.15, -0.1) is 11.8 Å². The first-order valence-corrected chi connectivity index (χ1v) is 6.33. The van der Waals surface area contributed by atoms with Crippen LogP contribution in [0.1, 0.15) is 24.8 Å². The molecule has 4 nitrogen and oxygen atoms in total. The minimum absolute atomic E-state index is 0.0408. The van der Waals surface area contributed by atoms with Gasteiger partial charge in [0.25, 0.3) is 0 Å². The standard InChI is InChI=1S/C12H12N2O2S/c13-7-9-1-4-14-10(5-9)17-8-12(2-3-12)6-11(15)16/h1,4-5H,2-3,6,8H2,(H,15,16). The molecule has 17 heavy (non-hydrogen) atoms. The first-order valence-electron chi connectivity index (χ1n) is 5.34. The topological polar surface area (TPSA) is 74.0 Å². The molecule has 0 unspecified atom stereocenters. The number of pyridine rings is 1. The van der Waals surface area contributed by atoms with Gasteiger partial charge in [0.2, 0.25) is 0 Å². The van der Waals surface area contributed by atoms with E-state index < -0.39 is 5.97 Å². The summed E-state index contributed by atoms with van der Waals surface area (Å²) >= 11 is 1.54. The summed E-state index contributed by atoms with van der Waals surface area (Å²) in [4.78, 5) is 14.9. The molecular formula is C12H12N2O2S. The first kappa shape index (κ1) is 11.9. The summed E-state index contributed by atoms with van der Waals surface area (Å²) in [6.45, 7) is 0. The summed E-state index contributed by atoms with van der Waals surface area (Å²) in [6.07, 6.45) is 3.80. The lowest BCUT2D eigenvalue weighted by Gasteiger charge is -2.10. The monoisotopic (exact) mass is 248 g/mol. The summed E-state index contributed by atoms with van der Waals surface area (Å²) in [5.74, 6) is 0.0306. The van der Waals surface area contributed by atoms with E-state index in [-0.39, 0.29) is 11.8 Å².